The van der Waals surface area contributed by atoms with Gasteiger partial charge >= 0.3 is 0 Å². The van der Waals surface area contributed by atoms with Crippen LogP contribution in [-0.2, 0) is 21.7 Å². The van der Waals surface area contributed by atoms with E-state index in [1.54, 1.807) is 0 Å². The number of hydrogen-bond acceptors (Lipinski definition) is 2. The molecule has 4 aromatic carbocycles. The highest BCUT2D eigenvalue weighted by Gasteiger charge is 2.31. The molecule has 6 rings (SSSR count). The van der Waals surface area contributed by atoms with Crippen molar-refractivity contribution in [2.45, 2.75) is 105 Å². The Labute approximate surface area is 255 Å². The first kappa shape index (κ1) is 29.0. The zero-order valence-corrected chi connectivity index (χ0v) is 28.4. The second kappa shape index (κ2) is 9.20. The average molecular weight is 575 g/mol. The smallest absolute Gasteiger partial charge is 0.139 e. The maximum absolute atomic E-state index is 6.88. The largest absolute Gasteiger partial charge is 0.456 e. The highest BCUT2D eigenvalue weighted by Crippen LogP contribution is 2.50. The van der Waals surface area contributed by atoms with Gasteiger partial charge in [-0.25, -0.2) is 0 Å². The molecule has 0 radical (unpaired) electrons. The minimum Gasteiger partial charge on any atom is -0.456 e. The van der Waals surface area contributed by atoms with Crippen molar-refractivity contribution in [1.82, 2.24) is 0 Å². The molecule has 0 aliphatic rings. The van der Waals surface area contributed by atoms with Crippen LogP contribution in [0.15, 0.2) is 65.1 Å². The highest BCUT2D eigenvalue weighted by atomic mass is 32.1. The van der Waals surface area contributed by atoms with Crippen LogP contribution in [0.25, 0.3) is 53.2 Å². The molecule has 6 aromatic rings. The van der Waals surface area contributed by atoms with Crippen LogP contribution >= 0.6 is 11.3 Å². The fourth-order valence-corrected chi connectivity index (χ4v) is 8.16. The predicted molar refractivity (Wildman–Crippen MR) is 187 cm³/mol. The number of furan rings is 1. The molecule has 0 saturated carbocycles. The minimum absolute atomic E-state index is 0.0101. The molecule has 2 heteroatoms. The van der Waals surface area contributed by atoms with Gasteiger partial charge in [-0.15, -0.1) is 11.3 Å². The molecule has 0 atom stereocenters. The van der Waals surface area contributed by atoms with E-state index in [1.807, 2.05) is 11.3 Å². The molecule has 218 valence electrons. The van der Waals surface area contributed by atoms with Crippen molar-refractivity contribution in [3.63, 3.8) is 0 Å². The van der Waals surface area contributed by atoms with Gasteiger partial charge in [-0.05, 0) is 73.7 Å². The molecule has 0 unspecified atom stereocenters. The average Bonchev–Trinajstić information content (AvgIpc) is 3.43. The lowest BCUT2D eigenvalue weighted by Crippen LogP contribution is -2.17. The van der Waals surface area contributed by atoms with Crippen LogP contribution < -0.4 is 0 Å². The summed E-state index contributed by atoms with van der Waals surface area (Å²) in [6, 6.07) is 23.0. The van der Waals surface area contributed by atoms with Crippen LogP contribution in [0.2, 0.25) is 0 Å². The van der Waals surface area contributed by atoms with Gasteiger partial charge in [0.1, 0.15) is 11.2 Å². The molecule has 0 fully saturated rings. The fourth-order valence-electron chi connectivity index (χ4n) is 6.73. The van der Waals surface area contributed by atoms with E-state index in [-0.39, 0.29) is 21.7 Å². The minimum atomic E-state index is -0.0461. The van der Waals surface area contributed by atoms with Gasteiger partial charge in [-0.2, -0.15) is 0 Å². The van der Waals surface area contributed by atoms with Crippen LogP contribution in [0.4, 0.5) is 0 Å². The molecule has 0 saturated heterocycles. The van der Waals surface area contributed by atoms with Crippen LogP contribution in [0, 0.1) is 0 Å². The van der Waals surface area contributed by atoms with E-state index in [9.17, 15) is 0 Å². The number of fused-ring (bicyclic) bond motifs is 6. The van der Waals surface area contributed by atoms with E-state index in [2.05, 4.69) is 144 Å². The molecule has 1 nitrogen and oxygen atoms in total. The molecule has 0 aliphatic carbocycles. The summed E-state index contributed by atoms with van der Waals surface area (Å²) in [5.74, 6) is 0. The number of rotatable bonds is 1. The lowest BCUT2D eigenvalue weighted by molar-refractivity contribution is 0.566. The number of benzene rings is 4. The zero-order chi connectivity index (χ0) is 30.6. The normalized spacial score (nSPS) is 13.7. The van der Waals surface area contributed by atoms with Gasteiger partial charge < -0.3 is 4.42 Å². The first-order valence-electron chi connectivity index (χ1n) is 15.4. The Morgan fingerprint density at radius 1 is 0.548 bits per heavy atom. The van der Waals surface area contributed by atoms with Gasteiger partial charge in [0, 0.05) is 36.5 Å². The third-order valence-electron chi connectivity index (χ3n) is 8.75. The van der Waals surface area contributed by atoms with Crippen molar-refractivity contribution in [3.8, 4) is 11.1 Å². The van der Waals surface area contributed by atoms with E-state index in [1.165, 1.54) is 64.3 Å². The van der Waals surface area contributed by atoms with Crippen molar-refractivity contribution in [2.75, 3.05) is 0 Å². The van der Waals surface area contributed by atoms with Crippen molar-refractivity contribution < 1.29 is 4.42 Å². The summed E-state index contributed by atoms with van der Waals surface area (Å²) in [5, 5.41) is 5.26. The van der Waals surface area contributed by atoms with Crippen LogP contribution in [-0.4, -0.2) is 0 Å². The van der Waals surface area contributed by atoms with E-state index < -0.39 is 0 Å². The zero-order valence-electron chi connectivity index (χ0n) is 27.6. The highest BCUT2D eigenvalue weighted by molar-refractivity contribution is 7.26. The predicted octanol–water partition coefficient (Wildman–Crippen LogP) is 12.8. The van der Waals surface area contributed by atoms with Crippen molar-refractivity contribution in [2.24, 2.45) is 0 Å². The monoisotopic (exact) mass is 574 g/mol. The topological polar surface area (TPSA) is 13.1 Å². The maximum atomic E-state index is 6.88. The van der Waals surface area contributed by atoms with Crippen LogP contribution in [0.3, 0.4) is 0 Å². The third-order valence-corrected chi connectivity index (χ3v) is 9.96. The molecule has 2 aromatic heterocycles. The molecule has 0 N–H and O–H groups in total. The standard InChI is InChI=1S/C40H46OS/c1-37(2,3)27-19-20-28(38(4,5)6)35-32(27)24-18-17-23(21-30(24)41-35)26-22-29(39(7,8)9)36-33(34(26)40(10,11)12)25-15-13-14-16-31(25)42-36/h13-22H,1-12H3. The summed E-state index contributed by atoms with van der Waals surface area (Å²) in [5.41, 5.74) is 9.95. The molecular formula is C40H46OS. The SMILES string of the molecule is CC(C)(C)c1ccc(C(C)(C)C)c2c1oc1cc(-c3cc(C(C)(C)C)c4sc5ccccc5c4c3C(C)(C)C)ccc12. The summed E-state index contributed by atoms with van der Waals surface area (Å²) in [4.78, 5) is 0. The second-order valence-electron chi connectivity index (χ2n) is 16.3. The summed E-state index contributed by atoms with van der Waals surface area (Å²) in [7, 11) is 0. The van der Waals surface area contributed by atoms with Gasteiger partial charge in [0.15, 0.2) is 0 Å². The van der Waals surface area contributed by atoms with E-state index in [0.717, 1.165) is 11.2 Å². The van der Waals surface area contributed by atoms with Crippen LogP contribution in [0.1, 0.15) is 105 Å². The van der Waals surface area contributed by atoms with Gasteiger partial charge in [0.2, 0.25) is 0 Å². The molecule has 0 aliphatic heterocycles. The Kier molecular flexibility index (Phi) is 6.35. The van der Waals surface area contributed by atoms with Gasteiger partial charge in [-0.1, -0.05) is 119 Å². The van der Waals surface area contributed by atoms with E-state index in [4.69, 9.17) is 4.42 Å². The van der Waals surface area contributed by atoms with Gasteiger partial charge in [-0.3, -0.25) is 0 Å². The number of hydrogen-bond donors (Lipinski definition) is 0. The van der Waals surface area contributed by atoms with E-state index >= 15 is 0 Å². The fraction of sp³-hybridized carbons (Fsp3) is 0.400. The third kappa shape index (κ3) is 4.58. The maximum Gasteiger partial charge on any atom is 0.139 e. The van der Waals surface area contributed by atoms with Crippen molar-refractivity contribution in [3.05, 3.63) is 82.9 Å². The Morgan fingerprint density at radius 3 is 1.79 bits per heavy atom. The summed E-state index contributed by atoms with van der Waals surface area (Å²) in [6.45, 7) is 27.9. The lowest BCUT2D eigenvalue weighted by atomic mass is 9.75. The number of thiophene rings is 1. The van der Waals surface area contributed by atoms with E-state index in [0.29, 0.717) is 0 Å². The van der Waals surface area contributed by atoms with Gasteiger partial charge in [0.25, 0.3) is 0 Å². The lowest BCUT2D eigenvalue weighted by Gasteiger charge is -2.29. The Balaban J connectivity index is 1.74. The van der Waals surface area contributed by atoms with Crippen molar-refractivity contribution >= 4 is 53.4 Å². The Morgan fingerprint density at radius 2 is 1.17 bits per heavy atom. The molecule has 42 heavy (non-hydrogen) atoms. The second-order valence-corrected chi connectivity index (χ2v) is 17.4. The first-order chi connectivity index (χ1) is 19.4. The quantitative estimate of drug-likeness (QED) is 0.190. The summed E-state index contributed by atoms with van der Waals surface area (Å²) in [6.07, 6.45) is 0. The molecular weight excluding hydrogens is 529 g/mol. The molecule has 0 bridgehead atoms. The molecule has 0 amide bonds. The summed E-state index contributed by atoms with van der Waals surface area (Å²) < 4.78 is 9.66. The molecule has 0 spiro atoms. The molecule has 2 heterocycles. The first-order valence-corrected chi connectivity index (χ1v) is 16.2. The van der Waals surface area contributed by atoms with Crippen molar-refractivity contribution in [1.29, 1.82) is 0 Å². The van der Waals surface area contributed by atoms with Gasteiger partial charge in [0.05, 0.1) is 0 Å². The Hall–Kier alpha value is -3.10. The van der Waals surface area contributed by atoms with Crippen LogP contribution in [0.5, 0.6) is 0 Å². The Bertz CT molecular complexity index is 2000. The summed E-state index contributed by atoms with van der Waals surface area (Å²) >= 11 is 1.94.